The lowest BCUT2D eigenvalue weighted by Gasteiger charge is -2.35. The molecule has 1 saturated heterocycles. The summed E-state index contributed by atoms with van der Waals surface area (Å²) in [6, 6.07) is 0.683. The molecule has 3 nitrogen and oxygen atoms in total. The number of rotatable bonds is 9. The normalized spacial score (nSPS) is 24.8. The Balaban J connectivity index is 1.67. The summed E-state index contributed by atoms with van der Waals surface area (Å²) in [4.78, 5) is 2.63. The lowest BCUT2D eigenvalue weighted by molar-refractivity contribution is 0.129. The molecule has 1 saturated carbocycles. The molecule has 3 heteroatoms. The highest BCUT2D eigenvalue weighted by Crippen LogP contribution is 2.27. The van der Waals surface area contributed by atoms with Gasteiger partial charge in [-0.3, -0.25) is 0 Å². The minimum Gasteiger partial charge on any atom is -0.394 e. The van der Waals surface area contributed by atoms with E-state index in [0.29, 0.717) is 6.04 Å². The molecular formula is C17H34N2O. The predicted molar refractivity (Wildman–Crippen MR) is 85.0 cm³/mol. The molecule has 118 valence electrons. The molecule has 0 amide bonds. The predicted octanol–water partition coefficient (Wildman–Crippen LogP) is 2.78. The van der Waals surface area contributed by atoms with Crippen molar-refractivity contribution in [1.82, 2.24) is 10.2 Å². The molecule has 1 atom stereocenters. The summed E-state index contributed by atoms with van der Waals surface area (Å²) in [5.41, 5.74) is -0.0110. The average Bonchev–Trinajstić information content (AvgIpc) is 3.31. The Morgan fingerprint density at radius 2 is 1.85 bits per heavy atom. The van der Waals surface area contributed by atoms with Gasteiger partial charge in [0.05, 0.1) is 6.61 Å². The molecule has 0 aromatic rings. The number of piperidine rings is 1. The van der Waals surface area contributed by atoms with Crippen LogP contribution in [0, 0.1) is 5.92 Å². The molecule has 0 aromatic carbocycles. The van der Waals surface area contributed by atoms with Crippen molar-refractivity contribution in [3.63, 3.8) is 0 Å². The smallest absolute Gasteiger partial charge is 0.0613 e. The van der Waals surface area contributed by atoms with Gasteiger partial charge in [-0.2, -0.15) is 0 Å². The molecule has 2 fully saturated rings. The summed E-state index contributed by atoms with van der Waals surface area (Å²) < 4.78 is 0. The van der Waals surface area contributed by atoms with Gasteiger partial charge in [-0.1, -0.05) is 20.3 Å². The average molecular weight is 282 g/mol. The number of aliphatic hydroxyl groups excluding tert-OH is 1. The van der Waals surface area contributed by atoms with Crippen LogP contribution in [0.5, 0.6) is 0 Å². The molecule has 2 rings (SSSR count). The fraction of sp³-hybridized carbons (Fsp3) is 1.00. The maximum atomic E-state index is 9.78. The Bertz CT molecular complexity index is 266. The van der Waals surface area contributed by atoms with Gasteiger partial charge < -0.3 is 15.3 Å². The van der Waals surface area contributed by atoms with E-state index in [1.807, 2.05) is 0 Å². The van der Waals surface area contributed by atoms with E-state index in [9.17, 15) is 5.11 Å². The van der Waals surface area contributed by atoms with Crippen LogP contribution in [0.15, 0.2) is 0 Å². The number of nitrogens with one attached hydrogen (secondary N) is 1. The summed E-state index contributed by atoms with van der Waals surface area (Å²) in [5.74, 6) is 0.968. The quantitative estimate of drug-likeness (QED) is 0.682. The minimum absolute atomic E-state index is 0.0110. The van der Waals surface area contributed by atoms with Crippen LogP contribution in [0.4, 0.5) is 0 Å². The standard InChI is InChI=1S/C17H34N2O/c1-3-15-8-12-19(13-9-15)11-5-10-17(4-2,14-20)18-16-6-7-16/h15-16,18,20H,3-14H2,1-2H3. The van der Waals surface area contributed by atoms with Gasteiger partial charge in [0.1, 0.15) is 0 Å². The maximum absolute atomic E-state index is 9.78. The van der Waals surface area contributed by atoms with Crippen molar-refractivity contribution in [1.29, 1.82) is 0 Å². The summed E-state index contributed by atoms with van der Waals surface area (Å²) in [7, 11) is 0. The Labute approximate surface area is 125 Å². The van der Waals surface area contributed by atoms with Crippen molar-refractivity contribution in [3.05, 3.63) is 0 Å². The van der Waals surface area contributed by atoms with Crippen molar-refractivity contribution < 1.29 is 5.11 Å². The highest BCUT2D eigenvalue weighted by atomic mass is 16.3. The van der Waals surface area contributed by atoms with Crippen molar-refractivity contribution in [2.45, 2.75) is 76.8 Å². The summed E-state index contributed by atoms with van der Waals surface area (Å²) in [6.45, 7) is 8.60. The van der Waals surface area contributed by atoms with Crippen LogP contribution >= 0.6 is 0 Å². The fourth-order valence-electron chi connectivity index (χ4n) is 3.51. The van der Waals surface area contributed by atoms with Crippen LogP contribution in [-0.4, -0.2) is 47.8 Å². The van der Waals surface area contributed by atoms with E-state index in [2.05, 4.69) is 24.1 Å². The Kier molecular flexibility index (Phi) is 6.31. The molecule has 1 unspecified atom stereocenters. The van der Waals surface area contributed by atoms with Gasteiger partial charge in [0.15, 0.2) is 0 Å². The van der Waals surface area contributed by atoms with Gasteiger partial charge >= 0.3 is 0 Å². The number of aliphatic hydroxyl groups is 1. The van der Waals surface area contributed by atoms with Crippen molar-refractivity contribution in [2.75, 3.05) is 26.2 Å². The highest BCUT2D eigenvalue weighted by molar-refractivity contribution is 4.94. The molecular weight excluding hydrogens is 248 g/mol. The van der Waals surface area contributed by atoms with Crippen molar-refractivity contribution >= 4 is 0 Å². The van der Waals surface area contributed by atoms with Crippen LogP contribution in [-0.2, 0) is 0 Å². The Morgan fingerprint density at radius 1 is 1.15 bits per heavy atom. The van der Waals surface area contributed by atoms with Crippen LogP contribution in [0.2, 0.25) is 0 Å². The second kappa shape index (κ2) is 7.77. The van der Waals surface area contributed by atoms with Crippen LogP contribution in [0.25, 0.3) is 0 Å². The lowest BCUT2D eigenvalue weighted by Crippen LogP contribution is -2.49. The SMILES string of the molecule is CCC1CCN(CCCC(CC)(CO)NC2CC2)CC1. The number of nitrogens with zero attached hydrogens (tertiary/aromatic N) is 1. The van der Waals surface area contributed by atoms with E-state index in [-0.39, 0.29) is 12.1 Å². The topological polar surface area (TPSA) is 35.5 Å². The molecule has 0 spiro atoms. The van der Waals surface area contributed by atoms with Gasteiger partial charge in [-0.15, -0.1) is 0 Å². The van der Waals surface area contributed by atoms with Crippen LogP contribution in [0.1, 0.15) is 65.2 Å². The Hall–Kier alpha value is -0.120. The maximum Gasteiger partial charge on any atom is 0.0613 e. The minimum atomic E-state index is -0.0110. The molecule has 20 heavy (non-hydrogen) atoms. The molecule has 1 aliphatic carbocycles. The number of hydrogen-bond acceptors (Lipinski definition) is 3. The summed E-state index contributed by atoms with van der Waals surface area (Å²) in [5, 5.41) is 13.5. The monoisotopic (exact) mass is 282 g/mol. The second-order valence-corrected chi connectivity index (χ2v) is 7.01. The molecule has 0 bridgehead atoms. The van der Waals surface area contributed by atoms with E-state index in [4.69, 9.17) is 0 Å². The van der Waals surface area contributed by atoms with Crippen molar-refractivity contribution in [2.24, 2.45) is 5.92 Å². The van der Waals surface area contributed by atoms with Gasteiger partial charge in [-0.25, -0.2) is 0 Å². The van der Waals surface area contributed by atoms with E-state index < -0.39 is 0 Å². The molecule has 0 aromatic heterocycles. The first-order valence-corrected chi connectivity index (χ1v) is 8.82. The zero-order valence-corrected chi connectivity index (χ0v) is 13.5. The zero-order chi connectivity index (χ0) is 14.4. The van der Waals surface area contributed by atoms with Crippen LogP contribution < -0.4 is 5.32 Å². The third kappa shape index (κ3) is 4.71. The van der Waals surface area contributed by atoms with E-state index in [1.165, 1.54) is 58.2 Å². The van der Waals surface area contributed by atoms with Crippen molar-refractivity contribution in [3.8, 4) is 0 Å². The second-order valence-electron chi connectivity index (χ2n) is 7.01. The lowest BCUT2D eigenvalue weighted by atomic mass is 9.90. The van der Waals surface area contributed by atoms with Crippen LogP contribution in [0.3, 0.4) is 0 Å². The van der Waals surface area contributed by atoms with E-state index in [0.717, 1.165) is 18.8 Å². The third-order valence-corrected chi connectivity index (χ3v) is 5.48. The zero-order valence-electron chi connectivity index (χ0n) is 13.5. The highest BCUT2D eigenvalue weighted by Gasteiger charge is 2.34. The van der Waals surface area contributed by atoms with Gasteiger partial charge in [0.25, 0.3) is 0 Å². The van der Waals surface area contributed by atoms with E-state index in [1.54, 1.807) is 0 Å². The summed E-state index contributed by atoms with van der Waals surface area (Å²) in [6.07, 6.45) is 10.1. The Morgan fingerprint density at radius 3 is 2.35 bits per heavy atom. The molecule has 0 radical (unpaired) electrons. The van der Waals surface area contributed by atoms with E-state index >= 15 is 0 Å². The number of likely N-dealkylation sites (tertiary alicyclic amines) is 1. The first-order valence-electron chi connectivity index (χ1n) is 8.82. The molecule has 1 aliphatic heterocycles. The number of hydrogen-bond donors (Lipinski definition) is 2. The summed E-state index contributed by atoms with van der Waals surface area (Å²) >= 11 is 0. The molecule has 2 aliphatic rings. The fourth-order valence-corrected chi connectivity index (χ4v) is 3.51. The molecule has 2 N–H and O–H groups in total. The third-order valence-electron chi connectivity index (χ3n) is 5.48. The molecule has 1 heterocycles. The van der Waals surface area contributed by atoms with Gasteiger partial charge in [0, 0.05) is 11.6 Å². The van der Waals surface area contributed by atoms with Gasteiger partial charge in [0.2, 0.25) is 0 Å². The largest absolute Gasteiger partial charge is 0.394 e. The first kappa shape index (κ1) is 16.3. The first-order chi connectivity index (χ1) is 9.71. The van der Waals surface area contributed by atoms with Gasteiger partial charge in [-0.05, 0) is 70.5 Å².